The van der Waals surface area contributed by atoms with Gasteiger partial charge >= 0.3 is 6.18 Å². The number of phenolic OH excluding ortho intramolecular Hbond substituents is 1. The zero-order chi connectivity index (χ0) is 31.5. The van der Waals surface area contributed by atoms with E-state index in [4.69, 9.17) is 5.26 Å². The minimum atomic E-state index is -4.83. The predicted molar refractivity (Wildman–Crippen MR) is 151 cm³/mol. The van der Waals surface area contributed by atoms with Gasteiger partial charge in [-0.3, -0.25) is 8.98 Å². The quantitative estimate of drug-likeness (QED) is 0.155. The van der Waals surface area contributed by atoms with E-state index in [1.54, 1.807) is 12.4 Å². The highest BCUT2D eigenvalue weighted by Crippen LogP contribution is 2.40. The number of nitrogens with one attached hydrogen (secondary N) is 2. The number of alkyl halides is 3. The zero-order valence-electron chi connectivity index (χ0n) is 23.1. The number of aromatic hydroxyl groups is 1. The summed E-state index contributed by atoms with van der Waals surface area (Å²) >= 11 is 0. The summed E-state index contributed by atoms with van der Waals surface area (Å²) in [7, 11) is -4.55. The van der Waals surface area contributed by atoms with Crippen molar-refractivity contribution in [1.29, 1.82) is 5.26 Å². The normalized spacial score (nSPS) is 17.8. The molecule has 4 aromatic rings. The molecule has 5 rings (SSSR count). The molecule has 0 saturated heterocycles. The molecular formula is C27H27F3N8O5S. The average molecular weight is 633 g/mol. The number of hydrogen-bond donors (Lipinski definition) is 3. The van der Waals surface area contributed by atoms with E-state index in [2.05, 4.69) is 40.7 Å². The van der Waals surface area contributed by atoms with Gasteiger partial charge in [-0.05, 0) is 55.9 Å². The molecule has 0 spiro atoms. The lowest BCUT2D eigenvalue weighted by Gasteiger charge is -2.29. The summed E-state index contributed by atoms with van der Waals surface area (Å²) in [5.74, 6) is -1.58. The van der Waals surface area contributed by atoms with Gasteiger partial charge in [-0.2, -0.15) is 26.9 Å². The summed E-state index contributed by atoms with van der Waals surface area (Å²) in [6.45, 7) is -2.54. The van der Waals surface area contributed by atoms with Crippen molar-refractivity contribution >= 4 is 49.7 Å². The molecule has 3 heterocycles. The van der Waals surface area contributed by atoms with Crippen LogP contribution in [0.4, 0.5) is 24.8 Å². The Hall–Kier alpha value is -4.56. The summed E-state index contributed by atoms with van der Waals surface area (Å²) in [6, 6.07) is 8.05. The van der Waals surface area contributed by atoms with E-state index < -0.39 is 46.9 Å². The van der Waals surface area contributed by atoms with Crippen LogP contribution in [-0.2, 0) is 14.3 Å². The van der Waals surface area contributed by atoms with E-state index in [1.165, 1.54) is 18.2 Å². The maximum absolute atomic E-state index is 12.6. The van der Waals surface area contributed by atoms with Crippen LogP contribution >= 0.6 is 0 Å². The number of azo groups is 1. The molecule has 17 heteroatoms. The highest BCUT2D eigenvalue weighted by atomic mass is 32.2. The molecule has 44 heavy (non-hydrogen) atoms. The fourth-order valence-electron chi connectivity index (χ4n) is 5.20. The van der Waals surface area contributed by atoms with Gasteiger partial charge in [0, 0.05) is 30.6 Å². The molecule has 0 unspecified atom stereocenters. The molecule has 0 aliphatic heterocycles. The van der Waals surface area contributed by atoms with Crippen molar-refractivity contribution in [2.24, 2.45) is 16.1 Å². The third-order valence-electron chi connectivity index (χ3n) is 7.30. The molecule has 1 amide bonds. The number of carbonyl (C=O) groups is 1. The molecule has 3 N–H and O–H groups in total. The predicted octanol–water partition coefficient (Wildman–Crippen LogP) is 5.32. The van der Waals surface area contributed by atoms with Crippen molar-refractivity contribution in [3.8, 4) is 11.8 Å². The van der Waals surface area contributed by atoms with Crippen molar-refractivity contribution in [1.82, 2.24) is 24.8 Å². The Morgan fingerprint density at radius 2 is 2.00 bits per heavy atom. The lowest BCUT2D eigenvalue weighted by atomic mass is 9.84. The number of hydrogen-bond acceptors (Lipinski definition) is 10. The zero-order valence-corrected chi connectivity index (χ0v) is 23.9. The van der Waals surface area contributed by atoms with E-state index in [1.807, 2.05) is 10.6 Å². The number of pyridine rings is 1. The lowest BCUT2D eigenvalue weighted by Crippen LogP contribution is -2.31. The first-order valence-corrected chi connectivity index (χ1v) is 15.2. The largest absolute Gasteiger partial charge is 0.507 e. The van der Waals surface area contributed by atoms with Gasteiger partial charge in [-0.1, -0.05) is 0 Å². The van der Waals surface area contributed by atoms with E-state index in [0.717, 1.165) is 36.6 Å². The number of nitrogens with zero attached hydrogens (tertiary/aromatic N) is 6. The first-order chi connectivity index (χ1) is 20.9. The molecule has 1 saturated carbocycles. The molecule has 1 aliphatic carbocycles. The number of imidazole rings is 1. The Morgan fingerprint density at radius 3 is 2.73 bits per heavy atom. The molecule has 1 aliphatic rings. The SMILES string of the molecule is N#CCC1CCC(n2c(N=Nc3ccc(O)c(C(=O)NCCS(=O)(=O)OCC(F)(F)F)c3)nc3cnc4[nH]ccc4c32)CC1. The number of carbonyl (C=O) groups excluding carboxylic acids is 1. The summed E-state index contributed by atoms with van der Waals surface area (Å²) in [5.41, 5.74) is 2.07. The first-order valence-electron chi connectivity index (χ1n) is 13.6. The van der Waals surface area contributed by atoms with Crippen LogP contribution in [0.5, 0.6) is 5.75 Å². The van der Waals surface area contributed by atoms with E-state index in [-0.39, 0.29) is 17.3 Å². The first kappa shape index (κ1) is 30.9. The van der Waals surface area contributed by atoms with Gasteiger partial charge in [0.2, 0.25) is 0 Å². The number of aromatic nitrogens is 4. The molecule has 0 radical (unpaired) electrons. The van der Waals surface area contributed by atoms with Crippen molar-refractivity contribution < 1.29 is 35.7 Å². The minimum absolute atomic E-state index is 0.0435. The summed E-state index contributed by atoms with van der Waals surface area (Å²) in [5, 5.41) is 31.1. The van der Waals surface area contributed by atoms with Crippen LogP contribution in [0.1, 0.15) is 48.5 Å². The van der Waals surface area contributed by atoms with Gasteiger partial charge in [0.05, 0.1) is 34.8 Å². The summed E-state index contributed by atoms with van der Waals surface area (Å²) in [4.78, 5) is 24.8. The van der Waals surface area contributed by atoms with E-state index in [0.29, 0.717) is 29.5 Å². The van der Waals surface area contributed by atoms with Crippen LogP contribution in [0.3, 0.4) is 0 Å². The van der Waals surface area contributed by atoms with Crippen molar-refractivity contribution in [2.75, 3.05) is 18.9 Å². The molecule has 3 aromatic heterocycles. The molecule has 232 valence electrons. The maximum Gasteiger partial charge on any atom is 0.413 e. The number of aromatic amines is 1. The maximum atomic E-state index is 12.6. The van der Waals surface area contributed by atoms with Gasteiger partial charge in [-0.15, -0.1) is 10.2 Å². The Bertz CT molecular complexity index is 1850. The van der Waals surface area contributed by atoms with Gasteiger partial charge < -0.3 is 20.0 Å². The Kier molecular flexibility index (Phi) is 8.83. The molecule has 1 aromatic carbocycles. The van der Waals surface area contributed by atoms with Gasteiger partial charge in [0.15, 0.2) is 6.61 Å². The number of rotatable bonds is 10. The minimum Gasteiger partial charge on any atom is -0.507 e. The average Bonchev–Trinajstić information content (AvgIpc) is 3.60. The second-order valence-electron chi connectivity index (χ2n) is 10.3. The molecule has 1 fully saturated rings. The Labute approximate surface area is 248 Å². The smallest absolute Gasteiger partial charge is 0.413 e. The Morgan fingerprint density at radius 1 is 1.23 bits per heavy atom. The van der Waals surface area contributed by atoms with Crippen LogP contribution in [0.2, 0.25) is 0 Å². The molecule has 0 bridgehead atoms. The van der Waals surface area contributed by atoms with E-state index >= 15 is 0 Å². The van der Waals surface area contributed by atoms with Crippen LogP contribution in [-0.4, -0.2) is 64.0 Å². The van der Waals surface area contributed by atoms with Gasteiger partial charge in [-0.25, -0.2) is 9.97 Å². The number of fused-ring (bicyclic) bond motifs is 3. The fourth-order valence-corrected chi connectivity index (χ4v) is 5.99. The molecule has 13 nitrogen and oxygen atoms in total. The number of H-pyrrole nitrogens is 1. The lowest BCUT2D eigenvalue weighted by molar-refractivity contribution is -0.152. The van der Waals surface area contributed by atoms with E-state index in [9.17, 15) is 31.5 Å². The second-order valence-corrected chi connectivity index (χ2v) is 12.1. The van der Waals surface area contributed by atoms with Crippen molar-refractivity contribution in [2.45, 2.75) is 44.3 Å². The monoisotopic (exact) mass is 632 g/mol. The van der Waals surface area contributed by atoms with Crippen LogP contribution in [0, 0.1) is 17.2 Å². The highest BCUT2D eigenvalue weighted by Gasteiger charge is 2.31. The third-order valence-corrected chi connectivity index (χ3v) is 8.48. The number of phenols is 1. The van der Waals surface area contributed by atoms with Crippen molar-refractivity contribution in [3.63, 3.8) is 0 Å². The summed E-state index contributed by atoms with van der Waals surface area (Å²) < 4.78 is 66.0. The number of halogens is 3. The highest BCUT2D eigenvalue weighted by molar-refractivity contribution is 7.86. The number of amides is 1. The number of nitriles is 1. The molecule has 0 atom stereocenters. The van der Waals surface area contributed by atoms with Crippen LogP contribution < -0.4 is 5.32 Å². The fraction of sp³-hybridized carbons (Fsp3) is 0.407. The second kappa shape index (κ2) is 12.6. The summed E-state index contributed by atoms with van der Waals surface area (Å²) in [6.07, 6.45) is 2.49. The Balaban J connectivity index is 1.36. The topological polar surface area (TPSA) is 188 Å². The number of benzene rings is 1. The van der Waals surface area contributed by atoms with Gasteiger partial charge in [0.1, 0.15) is 16.9 Å². The van der Waals surface area contributed by atoms with Gasteiger partial charge in [0.25, 0.3) is 22.0 Å². The third kappa shape index (κ3) is 7.14. The van der Waals surface area contributed by atoms with Crippen molar-refractivity contribution in [3.05, 3.63) is 42.2 Å². The standard InChI is InChI=1S/C27H27F3N8O5S/c28-27(29,30)15-43-44(41,42)12-11-33-25(40)20-13-17(3-6-22(20)39)36-37-26-35-21-14-34-24-19(8-10-32-24)23(21)38(26)18-4-1-16(2-5-18)7-9-31/h3,6,8,10,13-14,16,18,39H,1-2,4-5,7,11-12,15H2,(H,32,34)(H,33,40). The molecular weight excluding hydrogens is 605 g/mol. The van der Waals surface area contributed by atoms with Crippen LogP contribution in [0.15, 0.2) is 46.9 Å². The van der Waals surface area contributed by atoms with Crippen LogP contribution in [0.25, 0.3) is 22.1 Å².